The Morgan fingerprint density at radius 2 is 1.41 bits per heavy atom. The van der Waals surface area contributed by atoms with Crippen LogP contribution in [0.1, 0.15) is 49.3 Å². The standard InChI is InChI=1S/C33H41ClN4O3/c1-26(39)35-20-21-36-31(40)37-25-32(27-9-4-2-5-10-27,28-11-6-3-7-12-28)17-8-22-38-23-18-33(41,19-24-38)29-13-15-30(34)16-14-29/h2-7,9-16,41H,8,17-25H2,1H3,(H,35,39)(H2,36,37,40). The Labute approximate surface area is 248 Å². The van der Waals surface area contributed by atoms with Crippen molar-refractivity contribution in [3.05, 3.63) is 107 Å². The fourth-order valence-corrected chi connectivity index (χ4v) is 5.90. The van der Waals surface area contributed by atoms with Crippen molar-refractivity contribution in [1.29, 1.82) is 0 Å². The maximum absolute atomic E-state index is 12.7. The first-order valence-corrected chi connectivity index (χ1v) is 14.8. The molecule has 1 heterocycles. The van der Waals surface area contributed by atoms with Crippen LogP contribution in [0.25, 0.3) is 0 Å². The van der Waals surface area contributed by atoms with E-state index in [4.69, 9.17) is 11.6 Å². The van der Waals surface area contributed by atoms with Crippen LogP contribution < -0.4 is 16.0 Å². The fraction of sp³-hybridized carbons (Fsp3) is 0.394. The number of rotatable bonds is 12. The van der Waals surface area contributed by atoms with Crippen molar-refractivity contribution < 1.29 is 14.7 Å². The molecule has 3 aromatic rings. The lowest BCUT2D eigenvalue weighted by Gasteiger charge is -2.40. The molecule has 218 valence electrons. The number of benzene rings is 3. The molecule has 4 rings (SSSR count). The minimum atomic E-state index is -0.823. The summed E-state index contributed by atoms with van der Waals surface area (Å²) in [7, 11) is 0. The second kappa shape index (κ2) is 14.5. The summed E-state index contributed by atoms with van der Waals surface area (Å²) in [6.07, 6.45) is 3.12. The summed E-state index contributed by atoms with van der Waals surface area (Å²) in [6, 6.07) is 28.0. The molecule has 8 heteroatoms. The molecule has 0 aromatic heterocycles. The van der Waals surface area contributed by atoms with Gasteiger partial charge in [0.1, 0.15) is 0 Å². The average Bonchev–Trinajstić information content (AvgIpc) is 2.99. The van der Waals surface area contributed by atoms with Crippen LogP contribution in [0.5, 0.6) is 0 Å². The molecule has 0 radical (unpaired) electrons. The Morgan fingerprint density at radius 3 is 1.98 bits per heavy atom. The Hall–Kier alpha value is -3.39. The molecule has 0 bridgehead atoms. The van der Waals surface area contributed by atoms with Gasteiger partial charge in [-0.1, -0.05) is 84.4 Å². The number of halogens is 1. The molecule has 0 aliphatic carbocycles. The second-order valence-corrected chi connectivity index (χ2v) is 11.3. The lowest BCUT2D eigenvalue weighted by molar-refractivity contribution is -0.118. The summed E-state index contributed by atoms with van der Waals surface area (Å²) in [6.45, 7) is 5.17. The maximum atomic E-state index is 12.7. The quantitative estimate of drug-likeness (QED) is 0.232. The number of hydrogen-bond acceptors (Lipinski definition) is 4. The highest BCUT2D eigenvalue weighted by molar-refractivity contribution is 6.30. The molecule has 1 aliphatic rings. The lowest BCUT2D eigenvalue weighted by atomic mass is 9.71. The first-order chi connectivity index (χ1) is 19.8. The summed E-state index contributed by atoms with van der Waals surface area (Å²) < 4.78 is 0. The monoisotopic (exact) mass is 576 g/mol. The van der Waals surface area contributed by atoms with E-state index >= 15 is 0 Å². The summed E-state index contributed by atoms with van der Waals surface area (Å²) >= 11 is 6.05. The van der Waals surface area contributed by atoms with Gasteiger partial charge >= 0.3 is 6.03 Å². The summed E-state index contributed by atoms with van der Waals surface area (Å²) in [5.74, 6) is -0.122. The van der Waals surface area contributed by atoms with Gasteiger partial charge in [0.2, 0.25) is 5.91 Å². The summed E-state index contributed by atoms with van der Waals surface area (Å²) in [5.41, 5.74) is 1.99. The first kappa shape index (κ1) is 30.6. The van der Waals surface area contributed by atoms with Crippen molar-refractivity contribution in [1.82, 2.24) is 20.9 Å². The lowest BCUT2D eigenvalue weighted by Crippen LogP contribution is -2.47. The predicted molar refractivity (Wildman–Crippen MR) is 164 cm³/mol. The summed E-state index contributed by atoms with van der Waals surface area (Å²) in [4.78, 5) is 26.3. The van der Waals surface area contributed by atoms with Gasteiger partial charge in [0.25, 0.3) is 0 Å². The molecule has 1 aliphatic heterocycles. The number of piperidine rings is 1. The normalized spacial score (nSPS) is 15.2. The van der Waals surface area contributed by atoms with Crippen molar-refractivity contribution in [3.63, 3.8) is 0 Å². The smallest absolute Gasteiger partial charge is 0.314 e. The number of carbonyl (C=O) groups is 2. The highest BCUT2D eigenvalue weighted by atomic mass is 35.5. The van der Waals surface area contributed by atoms with Gasteiger partial charge in [-0.3, -0.25) is 4.79 Å². The molecule has 1 fully saturated rings. The Bertz CT molecular complexity index is 1210. The number of urea groups is 1. The van der Waals surface area contributed by atoms with E-state index in [1.807, 2.05) is 60.7 Å². The Morgan fingerprint density at radius 1 is 0.854 bits per heavy atom. The van der Waals surface area contributed by atoms with Crippen molar-refractivity contribution in [3.8, 4) is 0 Å². The Kier molecular flexibility index (Phi) is 10.8. The van der Waals surface area contributed by atoms with Crippen molar-refractivity contribution >= 4 is 23.5 Å². The fourth-order valence-electron chi connectivity index (χ4n) is 5.77. The number of aliphatic hydroxyl groups is 1. The first-order valence-electron chi connectivity index (χ1n) is 14.4. The van der Waals surface area contributed by atoms with Crippen LogP contribution in [-0.4, -0.2) is 61.2 Å². The highest BCUT2D eigenvalue weighted by Crippen LogP contribution is 2.38. The minimum Gasteiger partial charge on any atom is -0.385 e. The molecule has 0 unspecified atom stereocenters. The van der Waals surface area contributed by atoms with Gasteiger partial charge in [-0.2, -0.15) is 0 Å². The number of likely N-dealkylation sites (tertiary alicyclic amines) is 1. The molecule has 3 aromatic carbocycles. The Balaban J connectivity index is 1.43. The zero-order valence-electron chi connectivity index (χ0n) is 23.7. The van der Waals surface area contributed by atoms with E-state index in [2.05, 4.69) is 45.1 Å². The third-order valence-electron chi connectivity index (χ3n) is 8.13. The van der Waals surface area contributed by atoms with Gasteiger partial charge in [-0.15, -0.1) is 0 Å². The molecular formula is C33H41ClN4O3. The molecule has 41 heavy (non-hydrogen) atoms. The number of carbonyl (C=O) groups excluding carboxylic acids is 2. The van der Waals surface area contributed by atoms with Crippen LogP contribution in [0.15, 0.2) is 84.9 Å². The number of amides is 3. The van der Waals surface area contributed by atoms with Crippen LogP contribution in [0.3, 0.4) is 0 Å². The highest BCUT2D eigenvalue weighted by Gasteiger charge is 2.36. The van der Waals surface area contributed by atoms with Crippen molar-refractivity contribution in [2.45, 2.75) is 43.6 Å². The van der Waals surface area contributed by atoms with E-state index in [1.54, 1.807) is 0 Å². The maximum Gasteiger partial charge on any atom is 0.314 e. The van der Waals surface area contributed by atoms with Crippen LogP contribution in [0.4, 0.5) is 4.79 Å². The van der Waals surface area contributed by atoms with E-state index in [1.165, 1.54) is 6.92 Å². The molecule has 0 spiro atoms. The van der Waals surface area contributed by atoms with Crippen LogP contribution in [0, 0.1) is 0 Å². The zero-order valence-corrected chi connectivity index (χ0v) is 24.5. The third-order valence-corrected chi connectivity index (χ3v) is 8.38. The van der Waals surface area contributed by atoms with Crippen LogP contribution in [-0.2, 0) is 15.8 Å². The molecule has 3 amide bonds. The van der Waals surface area contributed by atoms with Gasteiger partial charge < -0.3 is 26.0 Å². The van der Waals surface area contributed by atoms with E-state index in [-0.39, 0.29) is 11.9 Å². The molecule has 0 atom stereocenters. The number of nitrogens with zero attached hydrogens (tertiary/aromatic N) is 1. The van der Waals surface area contributed by atoms with Gasteiger partial charge in [0.05, 0.1) is 5.60 Å². The predicted octanol–water partition coefficient (Wildman–Crippen LogP) is 4.83. The summed E-state index contributed by atoms with van der Waals surface area (Å²) in [5, 5.41) is 20.6. The molecule has 0 saturated carbocycles. The van der Waals surface area contributed by atoms with Gasteiger partial charge in [-0.05, 0) is 61.1 Å². The third kappa shape index (κ3) is 8.32. The second-order valence-electron chi connectivity index (χ2n) is 10.9. The molecule has 7 nitrogen and oxygen atoms in total. The average molecular weight is 577 g/mol. The van der Waals surface area contributed by atoms with Crippen molar-refractivity contribution in [2.24, 2.45) is 0 Å². The molecule has 1 saturated heterocycles. The van der Waals surface area contributed by atoms with Gasteiger partial charge in [-0.25, -0.2) is 4.79 Å². The van der Waals surface area contributed by atoms with Gasteiger partial charge in [0.15, 0.2) is 0 Å². The van der Waals surface area contributed by atoms with Gasteiger partial charge in [0, 0.05) is 50.1 Å². The largest absolute Gasteiger partial charge is 0.385 e. The van der Waals surface area contributed by atoms with Crippen molar-refractivity contribution in [2.75, 3.05) is 39.3 Å². The SMILES string of the molecule is CC(=O)NCCNC(=O)NCC(CCCN1CCC(O)(c2ccc(Cl)cc2)CC1)(c1ccccc1)c1ccccc1. The van der Waals surface area contributed by atoms with Crippen LogP contribution >= 0.6 is 11.6 Å². The minimum absolute atomic E-state index is 0.122. The van der Waals surface area contributed by atoms with E-state index in [0.29, 0.717) is 37.5 Å². The zero-order chi connectivity index (χ0) is 29.1. The van der Waals surface area contributed by atoms with Crippen LogP contribution in [0.2, 0.25) is 5.02 Å². The van der Waals surface area contributed by atoms with E-state index < -0.39 is 11.0 Å². The number of hydrogen-bond donors (Lipinski definition) is 4. The van der Waals surface area contributed by atoms with E-state index in [0.717, 1.165) is 49.2 Å². The molecular weight excluding hydrogens is 536 g/mol. The topological polar surface area (TPSA) is 93.7 Å². The van der Waals surface area contributed by atoms with E-state index in [9.17, 15) is 14.7 Å². The number of nitrogens with one attached hydrogen (secondary N) is 3. The molecule has 4 N–H and O–H groups in total.